The molecule has 0 amide bonds. The fourth-order valence-electron chi connectivity index (χ4n) is 2.89. The van der Waals surface area contributed by atoms with Crippen LogP contribution < -0.4 is 5.73 Å². The van der Waals surface area contributed by atoms with Gasteiger partial charge in [-0.3, -0.25) is 0 Å². The van der Waals surface area contributed by atoms with Crippen molar-refractivity contribution in [2.75, 3.05) is 0 Å². The van der Waals surface area contributed by atoms with Crippen molar-refractivity contribution >= 4 is 27.3 Å². The smallest absolute Gasteiger partial charge is 0.0430 e. The minimum absolute atomic E-state index is 0.126. The minimum Gasteiger partial charge on any atom is -0.323 e. The van der Waals surface area contributed by atoms with Gasteiger partial charge in [-0.1, -0.05) is 34.5 Å². The van der Waals surface area contributed by atoms with Crippen molar-refractivity contribution in [2.45, 2.75) is 44.6 Å². The molecule has 106 valence electrons. The van der Waals surface area contributed by atoms with Gasteiger partial charge in [0, 0.05) is 20.3 Å². The van der Waals surface area contributed by atoms with Gasteiger partial charge in [-0.25, -0.2) is 0 Å². The summed E-state index contributed by atoms with van der Waals surface area (Å²) < 4.78 is 1.13. The Balaban J connectivity index is 1.75. The molecule has 1 aromatic heterocycles. The van der Waals surface area contributed by atoms with Gasteiger partial charge in [0.05, 0.1) is 0 Å². The quantitative estimate of drug-likeness (QED) is 0.773. The average molecular weight is 350 g/mol. The molecule has 1 unspecified atom stereocenters. The Bertz CT molecular complexity index is 567. The molecule has 1 aromatic carbocycles. The summed E-state index contributed by atoms with van der Waals surface area (Å²) in [6.07, 6.45) is 7.47. The second kappa shape index (κ2) is 6.42. The Labute approximate surface area is 133 Å². The fraction of sp³-hybridized carbons (Fsp3) is 0.412. The summed E-state index contributed by atoms with van der Waals surface area (Å²) in [5.74, 6) is 0. The van der Waals surface area contributed by atoms with Crippen LogP contribution in [0.4, 0.5) is 0 Å². The van der Waals surface area contributed by atoms with Gasteiger partial charge in [-0.05, 0) is 61.4 Å². The van der Waals surface area contributed by atoms with Crippen LogP contribution in [0.1, 0.15) is 46.2 Å². The highest BCUT2D eigenvalue weighted by Crippen LogP contribution is 2.32. The summed E-state index contributed by atoms with van der Waals surface area (Å²) in [6.45, 7) is 0. The molecule has 3 heteroatoms. The predicted molar refractivity (Wildman–Crippen MR) is 90.4 cm³/mol. The van der Waals surface area contributed by atoms with E-state index in [0.29, 0.717) is 0 Å². The van der Waals surface area contributed by atoms with Gasteiger partial charge in [-0.2, -0.15) is 0 Å². The topological polar surface area (TPSA) is 26.0 Å². The van der Waals surface area contributed by atoms with Gasteiger partial charge in [0.15, 0.2) is 0 Å². The highest BCUT2D eigenvalue weighted by molar-refractivity contribution is 9.10. The third-order valence-corrected chi connectivity index (χ3v) is 5.84. The van der Waals surface area contributed by atoms with Gasteiger partial charge in [0.2, 0.25) is 0 Å². The summed E-state index contributed by atoms with van der Waals surface area (Å²) in [5.41, 5.74) is 9.29. The van der Waals surface area contributed by atoms with E-state index in [0.717, 1.165) is 10.9 Å². The van der Waals surface area contributed by atoms with E-state index < -0.39 is 0 Å². The lowest BCUT2D eigenvalue weighted by Gasteiger charge is -2.10. The van der Waals surface area contributed by atoms with Crippen molar-refractivity contribution in [1.29, 1.82) is 0 Å². The van der Waals surface area contributed by atoms with Gasteiger partial charge in [0.1, 0.15) is 0 Å². The van der Waals surface area contributed by atoms with Gasteiger partial charge in [-0.15, -0.1) is 11.3 Å². The third-order valence-electron chi connectivity index (χ3n) is 3.98. The summed E-state index contributed by atoms with van der Waals surface area (Å²) >= 11 is 5.47. The van der Waals surface area contributed by atoms with Crippen LogP contribution in [0.15, 0.2) is 34.8 Å². The molecule has 1 heterocycles. The lowest BCUT2D eigenvalue weighted by atomic mass is 10.0. The highest BCUT2D eigenvalue weighted by atomic mass is 79.9. The zero-order valence-electron chi connectivity index (χ0n) is 11.6. The van der Waals surface area contributed by atoms with Crippen LogP contribution in [0.3, 0.4) is 0 Å². The first kappa shape index (κ1) is 14.3. The SMILES string of the molecule is NC(Cc1cccc(Br)c1)c1cc2c(s1)CCCCC2. The fourth-order valence-corrected chi connectivity index (χ4v) is 4.60. The van der Waals surface area contributed by atoms with Gasteiger partial charge >= 0.3 is 0 Å². The van der Waals surface area contributed by atoms with Crippen LogP contribution >= 0.6 is 27.3 Å². The van der Waals surface area contributed by atoms with Gasteiger partial charge < -0.3 is 5.73 Å². The van der Waals surface area contributed by atoms with E-state index in [4.69, 9.17) is 5.73 Å². The molecule has 20 heavy (non-hydrogen) atoms. The summed E-state index contributed by atoms with van der Waals surface area (Å²) in [6, 6.07) is 11.0. The monoisotopic (exact) mass is 349 g/mol. The molecule has 0 radical (unpaired) electrons. The molecule has 1 atom stereocenters. The van der Waals surface area contributed by atoms with Crippen LogP contribution in [-0.2, 0) is 19.3 Å². The Morgan fingerprint density at radius 2 is 2.00 bits per heavy atom. The number of benzene rings is 1. The number of rotatable bonds is 3. The van der Waals surface area contributed by atoms with Crippen molar-refractivity contribution in [1.82, 2.24) is 0 Å². The van der Waals surface area contributed by atoms with E-state index in [1.54, 1.807) is 10.4 Å². The number of hydrogen-bond acceptors (Lipinski definition) is 2. The normalized spacial score (nSPS) is 16.5. The minimum atomic E-state index is 0.126. The molecule has 0 saturated heterocycles. The Morgan fingerprint density at radius 1 is 1.15 bits per heavy atom. The maximum absolute atomic E-state index is 6.42. The molecule has 0 spiro atoms. The Hall–Kier alpha value is -0.640. The largest absolute Gasteiger partial charge is 0.323 e. The van der Waals surface area contributed by atoms with Crippen LogP contribution in [0, 0.1) is 0 Å². The number of fused-ring (bicyclic) bond motifs is 1. The van der Waals surface area contributed by atoms with E-state index in [2.05, 4.69) is 46.3 Å². The van der Waals surface area contributed by atoms with Crippen LogP contribution in [0.5, 0.6) is 0 Å². The molecule has 0 aliphatic heterocycles. The average Bonchev–Trinajstić information content (AvgIpc) is 2.70. The number of halogens is 1. The lowest BCUT2D eigenvalue weighted by Crippen LogP contribution is -2.11. The van der Waals surface area contributed by atoms with Crippen LogP contribution in [0.25, 0.3) is 0 Å². The summed E-state index contributed by atoms with van der Waals surface area (Å²) in [5, 5.41) is 0. The zero-order chi connectivity index (χ0) is 13.9. The molecule has 3 rings (SSSR count). The Morgan fingerprint density at radius 3 is 2.85 bits per heavy atom. The number of aryl methyl sites for hydroxylation is 2. The number of thiophene rings is 1. The molecule has 1 aliphatic carbocycles. The molecule has 0 fully saturated rings. The van der Waals surface area contributed by atoms with Crippen LogP contribution in [0.2, 0.25) is 0 Å². The first-order chi connectivity index (χ1) is 9.72. The first-order valence-electron chi connectivity index (χ1n) is 7.34. The molecule has 1 nitrogen and oxygen atoms in total. The maximum Gasteiger partial charge on any atom is 0.0430 e. The highest BCUT2D eigenvalue weighted by Gasteiger charge is 2.16. The summed E-state index contributed by atoms with van der Waals surface area (Å²) in [7, 11) is 0. The molecule has 2 N–H and O–H groups in total. The standard InChI is InChI=1S/C17H20BrNS/c18-14-7-4-5-12(9-14)10-15(19)17-11-13-6-2-1-3-8-16(13)20-17/h4-5,7,9,11,15H,1-3,6,8,10,19H2. The molecular formula is C17H20BrNS. The second-order valence-electron chi connectivity index (χ2n) is 5.60. The van der Waals surface area contributed by atoms with Crippen LogP contribution in [-0.4, -0.2) is 0 Å². The van der Waals surface area contributed by atoms with Crippen molar-refractivity contribution in [2.24, 2.45) is 5.73 Å². The maximum atomic E-state index is 6.42. The molecule has 2 aromatic rings. The number of nitrogens with two attached hydrogens (primary N) is 1. The van der Waals surface area contributed by atoms with Crippen molar-refractivity contribution in [3.63, 3.8) is 0 Å². The molecule has 1 aliphatic rings. The van der Waals surface area contributed by atoms with E-state index in [1.165, 1.54) is 42.5 Å². The summed E-state index contributed by atoms with van der Waals surface area (Å²) in [4.78, 5) is 2.94. The van der Waals surface area contributed by atoms with Crippen molar-refractivity contribution < 1.29 is 0 Å². The Kier molecular flexibility index (Phi) is 4.59. The van der Waals surface area contributed by atoms with E-state index in [-0.39, 0.29) is 6.04 Å². The molecular weight excluding hydrogens is 330 g/mol. The zero-order valence-corrected chi connectivity index (χ0v) is 14.0. The molecule has 0 saturated carbocycles. The third kappa shape index (κ3) is 3.33. The van der Waals surface area contributed by atoms with Gasteiger partial charge in [0.25, 0.3) is 0 Å². The van der Waals surface area contributed by atoms with Crippen molar-refractivity contribution in [3.05, 3.63) is 55.7 Å². The first-order valence-corrected chi connectivity index (χ1v) is 8.95. The van der Waals surface area contributed by atoms with E-state index in [9.17, 15) is 0 Å². The lowest BCUT2D eigenvalue weighted by molar-refractivity contribution is 0.709. The van der Waals surface area contributed by atoms with E-state index >= 15 is 0 Å². The predicted octanol–water partition coefficient (Wildman–Crippen LogP) is 5.02. The molecule has 0 bridgehead atoms. The van der Waals surface area contributed by atoms with Crippen molar-refractivity contribution in [3.8, 4) is 0 Å². The van der Waals surface area contributed by atoms with E-state index in [1.807, 2.05) is 11.3 Å². The second-order valence-corrected chi connectivity index (χ2v) is 7.68. The number of hydrogen-bond donors (Lipinski definition) is 1.